The SMILES string of the molecule is CC1(C)O[C@@H]2[C@H](O1)[C@@H](CO)O[C@H]2n1cnc2c(N[C@@H]3CC[C@@H](O)C3)nncc21. The molecule has 2 aromatic rings. The number of aromatic nitrogens is 4. The van der Waals surface area contributed by atoms with Crippen molar-refractivity contribution >= 4 is 16.9 Å². The summed E-state index contributed by atoms with van der Waals surface area (Å²) in [4.78, 5) is 4.52. The molecule has 0 aromatic carbocycles. The Balaban J connectivity index is 1.46. The summed E-state index contributed by atoms with van der Waals surface area (Å²) in [5.74, 6) is -0.149. The van der Waals surface area contributed by atoms with Gasteiger partial charge in [0.25, 0.3) is 0 Å². The molecule has 1 aliphatic carbocycles. The van der Waals surface area contributed by atoms with Gasteiger partial charge in [-0.2, -0.15) is 5.10 Å². The van der Waals surface area contributed by atoms with Crippen LogP contribution in [0, 0.1) is 0 Å². The minimum Gasteiger partial charge on any atom is -0.394 e. The fourth-order valence-corrected chi connectivity index (χ4v) is 4.48. The molecule has 0 bridgehead atoms. The third-order valence-electron chi connectivity index (χ3n) is 5.72. The molecule has 4 heterocycles. The van der Waals surface area contributed by atoms with Crippen LogP contribution in [0.5, 0.6) is 0 Å². The van der Waals surface area contributed by atoms with Crippen LogP contribution in [-0.4, -0.2) is 72.8 Å². The van der Waals surface area contributed by atoms with Gasteiger partial charge in [0.2, 0.25) is 0 Å². The molecule has 6 atom stereocenters. The van der Waals surface area contributed by atoms with Crippen LogP contribution in [-0.2, 0) is 14.2 Å². The number of rotatable bonds is 4. The molecule has 2 aromatic heterocycles. The van der Waals surface area contributed by atoms with E-state index < -0.39 is 18.1 Å². The summed E-state index contributed by atoms with van der Waals surface area (Å²) < 4.78 is 19.9. The van der Waals surface area contributed by atoms with Gasteiger partial charge in [0.15, 0.2) is 17.8 Å². The molecule has 0 unspecified atom stereocenters. The number of hydrogen-bond donors (Lipinski definition) is 3. The van der Waals surface area contributed by atoms with E-state index in [9.17, 15) is 10.2 Å². The van der Waals surface area contributed by atoms with Gasteiger partial charge in [0, 0.05) is 6.04 Å². The number of fused-ring (bicyclic) bond motifs is 2. The summed E-state index contributed by atoms with van der Waals surface area (Å²) in [7, 11) is 0. The highest BCUT2D eigenvalue weighted by atomic mass is 16.8. The summed E-state index contributed by atoms with van der Waals surface area (Å²) in [5.41, 5.74) is 1.44. The van der Waals surface area contributed by atoms with Gasteiger partial charge in [-0.05, 0) is 33.1 Å². The number of nitrogens with zero attached hydrogens (tertiary/aromatic N) is 4. The van der Waals surface area contributed by atoms with Gasteiger partial charge in [-0.25, -0.2) is 4.98 Å². The number of ether oxygens (including phenoxy) is 3. The molecule has 1 saturated carbocycles. The van der Waals surface area contributed by atoms with E-state index in [-0.39, 0.29) is 31.0 Å². The van der Waals surface area contributed by atoms with Gasteiger partial charge in [0.1, 0.15) is 23.8 Å². The Labute approximate surface area is 161 Å². The van der Waals surface area contributed by atoms with Crippen molar-refractivity contribution in [2.75, 3.05) is 11.9 Å². The smallest absolute Gasteiger partial charge is 0.177 e. The normalized spacial score (nSPS) is 36.9. The second-order valence-electron chi connectivity index (χ2n) is 8.20. The number of aliphatic hydroxyl groups excluding tert-OH is 2. The lowest BCUT2D eigenvalue weighted by atomic mass is 10.1. The lowest BCUT2D eigenvalue weighted by molar-refractivity contribution is -0.199. The van der Waals surface area contributed by atoms with Gasteiger partial charge < -0.3 is 29.7 Å². The Morgan fingerprint density at radius 2 is 2.11 bits per heavy atom. The van der Waals surface area contributed by atoms with Crippen LogP contribution in [0.3, 0.4) is 0 Å². The van der Waals surface area contributed by atoms with Gasteiger partial charge in [-0.3, -0.25) is 4.57 Å². The molecule has 10 nitrogen and oxygen atoms in total. The van der Waals surface area contributed by atoms with Crippen LogP contribution in [0.4, 0.5) is 5.82 Å². The zero-order valence-corrected chi connectivity index (χ0v) is 15.9. The molecule has 0 radical (unpaired) electrons. The first-order chi connectivity index (χ1) is 13.4. The van der Waals surface area contributed by atoms with E-state index in [1.807, 2.05) is 18.4 Å². The highest BCUT2D eigenvalue weighted by Gasteiger charge is 2.55. The molecule has 3 aliphatic rings. The lowest BCUT2D eigenvalue weighted by Crippen LogP contribution is -2.31. The molecule has 3 fully saturated rings. The highest BCUT2D eigenvalue weighted by Crippen LogP contribution is 2.43. The molecule has 28 heavy (non-hydrogen) atoms. The summed E-state index contributed by atoms with van der Waals surface area (Å²) in [6, 6.07) is 0.151. The van der Waals surface area contributed by atoms with Gasteiger partial charge in [-0.15, -0.1) is 5.10 Å². The van der Waals surface area contributed by atoms with Crippen LogP contribution in [0.2, 0.25) is 0 Å². The second kappa shape index (κ2) is 6.60. The van der Waals surface area contributed by atoms with E-state index >= 15 is 0 Å². The largest absolute Gasteiger partial charge is 0.394 e. The van der Waals surface area contributed by atoms with E-state index in [1.165, 1.54) is 0 Å². The minimum absolute atomic E-state index is 0.151. The third kappa shape index (κ3) is 2.96. The van der Waals surface area contributed by atoms with Crippen molar-refractivity contribution in [1.82, 2.24) is 19.7 Å². The van der Waals surface area contributed by atoms with Crippen LogP contribution in [0.25, 0.3) is 11.0 Å². The predicted octanol–water partition coefficient (Wildman–Crippen LogP) is 0.561. The van der Waals surface area contributed by atoms with Crippen molar-refractivity contribution in [2.45, 2.75) is 75.6 Å². The average Bonchev–Trinajstić information content (AvgIpc) is 3.38. The maximum atomic E-state index is 9.76. The molecule has 3 N–H and O–H groups in total. The highest BCUT2D eigenvalue weighted by molar-refractivity contribution is 5.85. The number of anilines is 1. The monoisotopic (exact) mass is 391 g/mol. The van der Waals surface area contributed by atoms with Crippen molar-refractivity contribution in [3.05, 3.63) is 12.5 Å². The fraction of sp³-hybridized carbons (Fsp3) is 0.722. The summed E-state index contributed by atoms with van der Waals surface area (Å²) >= 11 is 0. The van der Waals surface area contributed by atoms with Crippen LogP contribution in [0.1, 0.15) is 39.3 Å². The first-order valence-electron chi connectivity index (χ1n) is 9.70. The first kappa shape index (κ1) is 18.2. The van der Waals surface area contributed by atoms with Gasteiger partial charge >= 0.3 is 0 Å². The molecule has 0 amide bonds. The zero-order chi connectivity index (χ0) is 19.5. The van der Waals surface area contributed by atoms with E-state index in [1.54, 1.807) is 12.5 Å². The van der Waals surface area contributed by atoms with Gasteiger partial charge in [0.05, 0.1) is 30.8 Å². The molecule has 2 aliphatic heterocycles. The Bertz CT molecular complexity index is 873. The lowest BCUT2D eigenvalue weighted by Gasteiger charge is -2.24. The van der Waals surface area contributed by atoms with Crippen molar-refractivity contribution in [1.29, 1.82) is 0 Å². The second-order valence-corrected chi connectivity index (χ2v) is 8.20. The molecule has 10 heteroatoms. The first-order valence-corrected chi connectivity index (χ1v) is 9.70. The van der Waals surface area contributed by atoms with Crippen molar-refractivity contribution in [3.8, 4) is 0 Å². The maximum Gasteiger partial charge on any atom is 0.177 e. The van der Waals surface area contributed by atoms with Crippen LogP contribution in [0.15, 0.2) is 12.5 Å². The van der Waals surface area contributed by atoms with Crippen molar-refractivity contribution in [2.24, 2.45) is 0 Å². The molecule has 152 valence electrons. The number of hydrogen-bond acceptors (Lipinski definition) is 9. The van der Waals surface area contributed by atoms with Gasteiger partial charge in [-0.1, -0.05) is 0 Å². The summed E-state index contributed by atoms with van der Waals surface area (Å²) in [6.07, 6.45) is 3.73. The predicted molar refractivity (Wildman–Crippen MR) is 97.4 cm³/mol. The molecule has 5 rings (SSSR count). The number of nitrogens with one attached hydrogen (secondary N) is 1. The molecular formula is C18H25N5O5. The fourth-order valence-electron chi connectivity index (χ4n) is 4.48. The average molecular weight is 391 g/mol. The maximum absolute atomic E-state index is 9.76. The topological polar surface area (TPSA) is 124 Å². The molecule has 0 spiro atoms. The number of aliphatic hydroxyl groups is 2. The third-order valence-corrected chi connectivity index (χ3v) is 5.72. The van der Waals surface area contributed by atoms with E-state index in [4.69, 9.17) is 14.2 Å². The minimum atomic E-state index is -0.739. The van der Waals surface area contributed by atoms with Crippen molar-refractivity contribution < 1.29 is 24.4 Å². The van der Waals surface area contributed by atoms with Crippen LogP contribution < -0.4 is 5.32 Å². The summed E-state index contributed by atoms with van der Waals surface area (Å²) in [6.45, 7) is 3.55. The Kier molecular flexibility index (Phi) is 4.29. The molecule has 2 saturated heterocycles. The standard InChI is InChI=1S/C18H25N5O5/c1-18(2)27-14-12(7-24)26-17(15(14)28-18)23-8-19-13-11(23)6-20-22-16(13)21-9-3-4-10(25)5-9/h6,8-10,12,14-15,17,24-25H,3-5,7H2,1-2H3,(H,21,22)/t9-,10-,12-,14-,15-,17-/m1/s1. The van der Waals surface area contributed by atoms with Crippen LogP contribution >= 0.6 is 0 Å². The van der Waals surface area contributed by atoms with E-state index in [2.05, 4.69) is 20.5 Å². The van der Waals surface area contributed by atoms with E-state index in [0.717, 1.165) is 18.4 Å². The Morgan fingerprint density at radius 3 is 2.86 bits per heavy atom. The quantitative estimate of drug-likeness (QED) is 0.686. The number of imidazole rings is 1. The molecular weight excluding hydrogens is 366 g/mol. The summed E-state index contributed by atoms with van der Waals surface area (Å²) in [5, 5.41) is 31.1. The Hall–Kier alpha value is -1.85. The van der Waals surface area contributed by atoms with E-state index in [0.29, 0.717) is 17.8 Å². The zero-order valence-electron chi connectivity index (χ0n) is 15.9. The Morgan fingerprint density at radius 1 is 1.29 bits per heavy atom. The van der Waals surface area contributed by atoms with Crippen molar-refractivity contribution in [3.63, 3.8) is 0 Å².